The van der Waals surface area contributed by atoms with Crippen LogP contribution in [-0.2, 0) is 0 Å². The lowest BCUT2D eigenvalue weighted by Gasteiger charge is -2.04. The normalized spacial score (nSPS) is 10.9. The Morgan fingerprint density at radius 3 is 2.36 bits per heavy atom. The first-order valence-corrected chi connectivity index (χ1v) is 7.60. The molecule has 1 aromatic heterocycles. The molecule has 3 aromatic carbocycles. The number of carbonyl (C=O) groups excluding carboxylic acids is 1. The van der Waals surface area contributed by atoms with Gasteiger partial charge >= 0.3 is 0 Å². The number of hydrogen-bond donors (Lipinski definition) is 0. The average molecular weight is 332 g/mol. The van der Waals surface area contributed by atoms with E-state index in [1.54, 1.807) is 30.3 Å². The number of para-hydroxylation sites is 1. The minimum atomic E-state index is -0.904. The van der Waals surface area contributed by atoms with Crippen molar-refractivity contribution in [3.8, 4) is 0 Å². The first kappa shape index (κ1) is 14.9. The third-order valence-electron chi connectivity index (χ3n) is 4.11. The van der Waals surface area contributed by atoms with Gasteiger partial charge in [-0.3, -0.25) is 4.79 Å². The molecule has 1 heterocycles. The van der Waals surface area contributed by atoms with Gasteiger partial charge in [-0.2, -0.15) is 4.94 Å². The second kappa shape index (κ2) is 5.76. The summed E-state index contributed by atoms with van der Waals surface area (Å²) in [5.41, 5.74) is 1.36. The van der Waals surface area contributed by atoms with Crippen molar-refractivity contribution in [2.75, 3.05) is 0 Å². The van der Waals surface area contributed by atoms with Crippen LogP contribution in [0.15, 0.2) is 72.9 Å². The topological polar surface area (TPSA) is 74.4 Å². The molecule has 0 bridgehead atoms. The van der Waals surface area contributed by atoms with Crippen molar-refractivity contribution in [3.63, 3.8) is 0 Å². The average Bonchev–Trinajstić information content (AvgIpc) is 2.99. The number of ketones is 1. The Hall–Kier alpha value is -3.67. The van der Waals surface area contributed by atoms with Gasteiger partial charge in [0.1, 0.15) is 6.20 Å². The van der Waals surface area contributed by atoms with E-state index in [0.717, 1.165) is 15.5 Å². The fraction of sp³-hybridized carbons (Fsp3) is 0. The van der Waals surface area contributed by atoms with Crippen LogP contribution >= 0.6 is 0 Å². The zero-order chi connectivity index (χ0) is 17.4. The SMILES string of the molecule is O=C(c1cccc2ccccc12)c1cn(O[N+](=O)[O-])c2ccccc12. The maximum Gasteiger partial charge on any atom is 0.198 e. The zero-order valence-corrected chi connectivity index (χ0v) is 13.0. The Bertz CT molecular complexity index is 1130. The highest BCUT2D eigenvalue weighted by molar-refractivity contribution is 6.21. The summed E-state index contributed by atoms with van der Waals surface area (Å²) in [7, 11) is 0. The molecular formula is C19H12N2O4. The lowest BCUT2D eigenvalue weighted by atomic mass is 9.97. The molecule has 0 aliphatic heterocycles. The van der Waals surface area contributed by atoms with Crippen molar-refractivity contribution in [1.82, 2.24) is 4.73 Å². The van der Waals surface area contributed by atoms with E-state index >= 15 is 0 Å². The van der Waals surface area contributed by atoms with Crippen LogP contribution in [0.2, 0.25) is 0 Å². The summed E-state index contributed by atoms with van der Waals surface area (Å²) >= 11 is 0. The van der Waals surface area contributed by atoms with Crippen LogP contribution in [0.1, 0.15) is 15.9 Å². The van der Waals surface area contributed by atoms with Gasteiger partial charge in [-0.05, 0) is 22.9 Å². The van der Waals surface area contributed by atoms with Crippen molar-refractivity contribution >= 4 is 27.5 Å². The summed E-state index contributed by atoms with van der Waals surface area (Å²) in [6, 6.07) is 20.0. The van der Waals surface area contributed by atoms with Gasteiger partial charge in [0.15, 0.2) is 16.4 Å². The van der Waals surface area contributed by atoms with Gasteiger partial charge in [-0.25, -0.2) is 10.1 Å². The van der Waals surface area contributed by atoms with E-state index in [-0.39, 0.29) is 5.78 Å². The summed E-state index contributed by atoms with van der Waals surface area (Å²) in [4.78, 5) is 28.4. The zero-order valence-electron chi connectivity index (χ0n) is 13.0. The molecule has 0 saturated heterocycles. The number of rotatable bonds is 4. The van der Waals surface area contributed by atoms with Gasteiger partial charge in [0, 0.05) is 10.9 Å². The molecule has 0 saturated carbocycles. The van der Waals surface area contributed by atoms with E-state index in [2.05, 4.69) is 4.94 Å². The predicted molar refractivity (Wildman–Crippen MR) is 92.9 cm³/mol. The van der Waals surface area contributed by atoms with Gasteiger partial charge in [0.05, 0.1) is 5.56 Å². The van der Waals surface area contributed by atoms with Gasteiger partial charge in [-0.1, -0.05) is 59.3 Å². The molecule has 0 fully saturated rings. The smallest absolute Gasteiger partial charge is 0.198 e. The molecule has 0 spiro atoms. The van der Waals surface area contributed by atoms with E-state index in [1.807, 2.05) is 36.4 Å². The van der Waals surface area contributed by atoms with Gasteiger partial charge in [0.2, 0.25) is 0 Å². The molecule has 0 N–H and O–H groups in total. The minimum absolute atomic E-state index is 0.210. The molecule has 4 rings (SSSR count). The van der Waals surface area contributed by atoms with Crippen molar-refractivity contribution in [2.24, 2.45) is 0 Å². The lowest BCUT2D eigenvalue weighted by molar-refractivity contribution is -0.748. The molecule has 0 atom stereocenters. The summed E-state index contributed by atoms with van der Waals surface area (Å²) in [5, 5.41) is 12.2. The Kier molecular flexibility index (Phi) is 3.43. The molecule has 0 radical (unpaired) electrons. The van der Waals surface area contributed by atoms with Crippen LogP contribution in [0.5, 0.6) is 0 Å². The van der Waals surface area contributed by atoms with E-state index in [0.29, 0.717) is 22.0 Å². The van der Waals surface area contributed by atoms with Gasteiger partial charge < -0.3 is 0 Å². The van der Waals surface area contributed by atoms with E-state index in [9.17, 15) is 14.9 Å². The Balaban J connectivity index is 1.92. The number of carbonyl (C=O) groups is 1. The Morgan fingerprint density at radius 1 is 0.880 bits per heavy atom. The second-order valence-electron chi connectivity index (χ2n) is 5.55. The van der Waals surface area contributed by atoms with Crippen LogP contribution < -0.4 is 4.94 Å². The molecule has 122 valence electrons. The van der Waals surface area contributed by atoms with Crippen LogP contribution in [0.25, 0.3) is 21.7 Å². The van der Waals surface area contributed by atoms with E-state index in [4.69, 9.17) is 0 Å². The highest BCUT2D eigenvalue weighted by Gasteiger charge is 2.22. The second-order valence-corrected chi connectivity index (χ2v) is 5.55. The van der Waals surface area contributed by atoms with Gasteiger partial charge in [-0.15, -0.1) is 0 Å². The molecule has 4 aromatic rings. The van der Waals surface area contributed by atoms with Gasteiger partial charge in [0.25, 0.3) is 0 Å². The molecule has 0 amide bonds. The van der Waals surface area contributed by atoms with Crippen molar-refractivity contribution < 1.29 is 14.8 Å². The number of fused-ring (bicyclic) bond motifs is 2. The predicted octanol–water partition coefficient (Wildman–Crippen LogP) is 3.65. The standard InChI is InChI=1S/C19H12N2O4/c22-19(16-10-5-7-13-6-1-2-8-14(13)16)17-12-20(25-21(23)24)18-11-4-3-9-15(17)18/h1-12H. The van der Waals surface area contributed by atoms with E-state index in [1.165, 1.54) is 6.20 Å². The summed E-state index contributed by atoms with van der Waals surface area (Å²) in [6.07, 6.45) is 1.36. The number of benzene rings is 3. The first-order chi connectivity index (χ1) is 12.1. The molecular weight excluding hydrogens is 320 g/mol. The third kappa shape index (κ3) is 2.49. The monoisotopic (exact) mass is 332 g/mol. The highest BCUT2D eigenvalue weighted by Crippen LogP contribution is 2.26. The first-order valence-electron chi connectivity index (χ1n) is 7.60. The molecule has 25 heavy (non-hydrogen) atoms. The third-order valence-corrected chi connectivity index (χ3v) is 4.11. The van der Waals surface area contributed by atoms with E-state index < -0.39 is 5.09 Å². The number of aromatic nitrogens is 1. The van der Waals surface area contributed by atoms with Crippen LogP contribution in [0.4, 0.5) is 0 Å². The highest BCUT2D eigenvalue weighted by atomic mass is 17.0. The number of hydrogen-bond acceptors (Lipinski definition) is 4. The van der Waals surface area contributed by atoms with Crippen molar-refractivity contribution in [2.45, 2.75) is 0 Å². The van der Waals surface area contributed by atoms with Crippen molar-refractivity contribution in [3.05, 3.63) is 94.2 Å². The molecule has 6 nitrogen and oxygen atoms in total. The minimum Gasteiger partial charge on any atom is -0.288 e. The Morgan fingerprint density at radius 2 is 1.56 bits per heavy atom. The Labute approximate surface area is 141 Å². The molecule has 0 aliphatic carbocycles. The summed E-state index contributed by atoms with van der Waals surface area (Å²) in [5.74, 6) is -0.210. The summed E-state index contributed by atoms with van der Waals surface area (Å²) < 4.78 is 1.01. The quantitative estimate of drug-likeness (QED) is 0.325. The maximum absolute atomic E-state index is 13.1. The van der Waals surface area contributed by atoms with Crippen LogP contribution in [0.3, 0.4) is 0 Å². The molecule has 0 unspecified atom stereocenters. The molecule has 0 aliphatic rings. The lowest BCUT2D eigenvalue weighted by Crippen LogP contribution is -2.16. The van der Waals surface area contributed by atoms with Crippen molar-refractivity contribution in [1.29, 1.82) is 0 Å². The fourth-order valence-electron chi connectivity index (χ4n) is 3.04. The van der Waals surface area contributed by atoms with Crippen LogP contribution in [0, 0.1) is 10.1 Å². The largest absolute Gasteiger partial charge is 0.288 e. The fourth-order valence-corrected chi connectivity index (χ4v) is 3.04. The molecule has 6 heteroatoms. The summed E-state index contributed by atoms with van der Waals surface area (Å²) in [6.45, 7) is 0. The number of nitrogens with zero attached hydrogens (tertiary/aromatic N) is 2. The van der Waals surface area contributed by atoms with Crippen LogP contribution in [-0.4, -0.2) is 15.6 Å². The maximum atomic E-state index is 13.1.